The van der Waals surface area contributed by atoms with Crippen LogP contribution in [0.15, 0.2) is 0 Å². The van der Waals surface area contributed by atoms with Gasteiger partial charge < -0.3 is 0 Å². The van der Waals surface area contributed by atoms with Crippen LogP contribution in [0.2, 0.25) is 0 Å². The fraction of sp³-hybridized carbons (Fsp3) is 0.952. The molecule has 4 atom stereocenters. The van der Waals surface area contributed by atoms with E-state index in [1.54, 1.807) is 0 Å². The third kappa shape index (κ3) is 4.74. The molecule has 2 aliphatic carbocycles. The summed E-state index contributed by atoms with van der Waals surface area (Å²) in [5.74, 6) is 2.82. The molecule has 1 nitrogen and oxygen atoms in total. The van der Waals surface area contributed by atoms with Gasteiger partial charge in [0.25, 0.3) is 0 Å². The molecule has 0 heterocycles. The summed E-state index contributed by atoms with van der Waals surface area (Å²) in [6.45, 7) is 4.58. The molecule has 0 amide bonds. The molecule has 4 unspecified atom stereocenters. The Labute approximate surface area is 138 Å². The van der Waals surface area contributed by atoms with Crippen LogP contribution >= 0.6 is 0 Å². The quantitative estimate of drug-likeness (QED) is 0.449. The van der Waals surface area contributed by atoms with Gasteiger partial charge in [0.05, 0.1) is 11.5 Å². The second-order valence-electron chi connectivity index (χ2n) is 8.29. The fourth-order valence-corrected chi connectivity index (χ4v) is 5.14. The molecule has 22 heavy (non-hydrogen) atoms. The molecular formula is C21H37N. The first-order chi connectivity index (χ1) is 10.7. The number of nitrogens with zero attached hydrogens (tertiary/aromatic N) is 1. The van der Waals surface area contributed by atoms with Crippen molar-refractivity contribution < 1.29 is 0 Å². The van der Waals surface area contributed by atoms with Gasteiger partial charge in [-0.15, -0.1) is 0 Å². The minimum atomic E-state index is 0.0468. The van der Waals surface area contributed by atoms with Gasteiger partial charge in [-0.05, 0) is 56.3 Å². The molecular weight excluding hydrogens is 266 g/mol. The Morgan fingerprint density at radius 1 is 0.955 bits per heavy atom. The first-order valence-electron chi connectivity index (χ1n) is 10.1. The lowest BCUT2D eigenvalue weighted by atomic mass is 9.58. The van der Waals surface area contributed by atoms with Crippen molar-refractivity contribution in [2.24, 2.45) is 23.2 Å². The summed E-state index contributed by atoms with van der Waals surface area (Å²) in [5.41, 5.74) is 0.0468. The topological polar surface area (TPSA) is 23.8 Å². The summed E-state index contributed by atoms with van der Waals surface area (Å²) in [7, 11) is 0. The maximum atomic E-state index is 9.81. The maximum absolute atomic E-state index is 9.81. The number of rotatable bonds is 8. The second-order valence-corrected chi connectivity index (χ2v) is 8.29. The highest BCUT2D eigenvalue weighted by molar-refractivity contribution is 5.04. The molecule has 0 N–H and O–H groups in total. The largest absolute Gasteiger partial charge is 0.198 e. The van der Waals surface area contributed by atoms with E-state index in [4.69, 9.17) is 0 Å². The van der Waals surface area contributed by atoms with Gasteiger partial charge in [-0.2, -0.15) is 5.26 Å². The summed E-state index contributed by atoms with van der Waals surface area (Å²) in [4.78, 5) is 0. The highest BCUT2D eigenvalue weighted by atomic mass is 14.5. The number of hydrogen-bond donors (Lipinski definition) is 0. The number of unbranched alkanes of at least 4 members (excludes halogenated alkanes) is 4. The Bertz CT molecular complexity index is 355. The van der Waals surface area contributed by atoms with E-state index < -0.39 is 0 Å². The van der Waals surface area contributed by atoms with Crippen molar-refractivity contribution >= 4 is 0 Å². The van der Waals surface area contributed by atoms with Crippen molar-refractivity contribution in [3.63, 3.8) is 0 Å². The molecule has 2 aliphatic rings. The third-order valence-corrected chi connectivity index (χ3v) is 6.61. The Kier molecular flexibility index (Phi) is 7.26. The molecule has 126 valence electrons. The molecule has 2 rings (SSSR count). The van der Waals surface area contributed by atoms with Gasteiger partial charge in [0, 0.05) is 0 Å². The zero-order chi connectivity index (χ0) is 15.8. The van der Waals surface area contributed by atoms with Gasteiger partial charge in [-0.25, -0.2) is 0 Å². The van der Waals surface area contributed by atoms with Gasteiger partial charge in [-0.3, -0.25) is 0 Å². The van der Waals surface area contributed by atoms with E-state index in [0.29, 0.717) is 0 Å². The summed E-state index contributed by atoms with van der Waals surface area (Å²) < 4.78 is 0. The summed E-state index contributed by atoms with van der Waals surface area (Å²) >= 11 is 0. The first-order valence-corrected chi connectivity index (χ1v) is 10.1. The molecule has 0 saturated heterocycles. The SMILES string of the molecule is CCCCCCC1(C#N)CCC2CC(CCCC)CCC2C1. The number of nitriles is 1. The normalized spacial score (nSPS) is 34.9. The number of hydrogen-bond acceptors (Lipinski definition) is 1. The standard InChI is InChI=1S/C21H37N/c1-3-5-7-8-13-21(17-22)14-12-19-15-18(9-6-4-2)10-11-20(19)16-21/h18-20H,3-16H2,1-2H3. The highest BCUT2D eigenvalue weighted by Crippen LogP contribution is 2.51. The molecule has 1 heteroatoms. The van der Waals surface area contributed by atoms with Crippen LogP contribution in [-0.2, 0) is 0 Å². The lowest BCUT2D eigenvalue weighted by molar-refractivity contribution is 0.0616. The first kappa shape index (κ1) is 17.8. The summed E-state index contributed by atoms with van der Waals surface area (Å²) in [6.07, 6.45) is 18.7. The Morgan fingerprint density at radius 3 is 2.50 bits per heavy atom. The highest BCUT2D eigenvalue weighted by Gasteiger charge is 2.42. The van der Waals surface area contributed by atoms with Crippen LogP contribution in [-0.4, -0.2) is 0 Å². The van der Waals surface area contributed by atoms with Gasteiger partial charge in [-0.1, -0.05) is 65.2 Å². The van der Waals surface area contributed by atoms with Crippen molar-refractivity contribution in [1.29, 1.82) is 5.26 Å². The van der Waals surface area contributed by atoms with E-state index in [9.17, 15) is 5.26 Å². The third-order valence-electron chi connectivity index (χ3n) is 6.61. The van der Waals surface area contributed by atoms with Gasteiger partial charge in [0.1, 0.15) is 0 Å². The lowest BCUT2D eigenvalue weighted by Crippen LogP contribution is -2.36. The van der Waals surface area contributed by atoms with Crippen molar-refractivity contribution in [3.8, 4) is 6.07 Å². The molecule has 0 spiro atoms. The molecule has 2 fully saturated rings. The smallest absolute Gasteiger partial charge is 0.0689 e. The average Bonchev–Trinajstić information content (AvgIpc) is 2.56. The van der Waals surface area contributed by atoms with E-state index in [1.165, 1.54) is 89.9 Å². The summed E-state index contributed by atoms with van der Waals surface area (Å²) in [6, 6.07) is 2.77. The molecule has 0 radical (unpaired) electrons. The van der Waals surface area contributed by atoms with E-state index in [1.807, 2.05) is 0 Å². The van der Waals surface area contributed by atoms with Crippen molar-refractivity contribution in [1.82, 2.24) is 0 Å². The molecule has 0 aromatic heterocycles. The van der Waals surface area contributed by atoms with E-state index in [2.05, 4.69) is 19.9 Å². The van der Waals surface area contributed by atoms with E-state index in [0.717, 1.165) is 17.8 Å². The molecule has 0 aromatic carbocycles. The number of fused-ring (bicyclic) bond motifs is 1. The van der Waals surface area contributed by atoms with Crippen LogP contribution in [0.25, 0.3) is 0 Å². The lowest BCUT2D eigenvalue weighted by Gasteiger charge is -2.45. The van der Waals surface area contributed by atoms with Crippen LogP contribution in [0.3, 0.4) is 0 Å². The zero-order valence-corrected chi connectivity index (χ0v) is 15.1. The predicted octanol–water partition coefficient (Wildman–Crippen LogP) is 6.87. The Hall–Kier alpha value is -0.510. The van der Waals surface area contributed by atoms with Crippen molar-refractivity contribution in [2.75, 3.05) is 0 Å². The van der Waals surface area contributed by atoms with Crippen LogP contribution < -0.4 is 0 Å². The maximum Gasteiger partial charge on any atom is 0.0689 e. The van der Waals surface area contributed by atoms with Crippen LogP contribution in [0.5, 0.6) is 0 Å². The average molecular weight is 304 g/mol. The van der Waals surface area contributed by atoms with Crippen molar-refractivity contribution in [3.05, 3.63) is 0 Å². The van der Waals surface area contributed by atoms with Crippen LogP contribution in [0.4, 0.5) is 0 Å². The zero-order valence-electron chi connectivity index (χ0n) is 15.1. The molecule has 0 bridgehead atoms. The van der Waals surface area contributed by atoms with E-state index >= 15 is 0 Å². The molecule has 0 aromatic rings. The summed E-state index contributed by atoms with van der Waals surface area (Å²) in [5, 5.41) is 9.81. The van der Waals surface area contributed by atoms with Gasteiger partial charge in [0.2, 0.25) is 0 Å². The van der Waals surface area contributed by atoms with Crippen molar-refractivity contribution in [2.45, 2.75) is 104 Å². The minimum absolute atomic E-state index is 0.0468. The molecule has 0 aliphatic heterocycles. The Balaban J connectivity index is 1.82. The molecule has 2 saturated carbocycles. The monoisotopic (exact) mass is 303 g/mol. The van der Waals surface area contributed by atoms with Crippen LogP contribution in [0, 0.1) is 34.5 Å². The predicted molar refractivity (Wildman–Crippen MR) is 94.5 cm³/mol. The second kappa shape index (κ2) is 8.95. The van der Waals surface area contributed by atoms with E-state index in [-0.39, 0.29) is 5.41 Å². The minimum Gasteiger partial charge on any atom is -0.198 e. The Morgan fingerprint density at radius 2 is 1.77 bits per heavy atom. The van der Waals surface area contributed by atoms with Gasteiger partial charge >= 0.3 is 0 Å². The fourth-order valence-electron chi connectivity index (χ4n) is 5.14. The van der Waals surface area contributed by atoms with Crippen LogP contribution in [0.1, 0.15) is 104 Å². The van der Waals surface area contributed by atoms with Gasteiger partial charge in [0.15, 0.2) is 0 Å².